The summed E-state index contributed by atoms with van der Waals surface area (Å²) in [5.74, 6) is 1.16. The summed E-state index contributed by atoms with van der Waals surface area (Å²) < 4.78 is 46.8. The van der Waals surface area contributed by atoms with Crippen molar-refractivity contribution < 1.29 is 17.9 Å². The number of nitrogens with zero attached hydrogens (tertiary/aromatic N) is 6. The van der Waals surface area contributed by atoms with Crippen molar-refractivity contribution in [2.45, 2.75) is 32.7 Å². The number of rotatable bonds is 7. The minimum atomic E-state index is -4.62. The number of ether oxygens (including phenoxy) is 1. The zero-order chi connectivity index (χ0) is 23.4. The van der Waals surface area contributed by atoms with Gasteiger partial charge in [-0.3, -0.25) is 0 Å². The van der Waals surface area contributed by atoms with Crippen LogP contribution in [0.15, 0.2) is 61.3 Å². The van der Waals surface area contributed by atoms with Gasteiger partial charge in [0.15, 0.2) is 5.82 Å². The lowest BCUT2D eigenvalue weighted by atomic mass is 10.1. The number of alkyl halides is 3. The van der Waals surface area contributed by atoms with Crippen LogP contribution in [0.3, 0.4) is 0 Å². The lowest BCUT2D eigenvalue weighted by molar-refractivity contribution is -0.141. The van der Waals surface area contributed by atoms with Crippen LogP contribution in [-0.4, -0.2) is 35.8 Å². The third kappa shape index (κ3) is 5.62. The van der Waals surface area contributed by atoms with E-state index < -0.39 is 11.9 Å². The number of aromatic nitrogens is 6. The van der Waals surface area contributed by atoms with E-state index in [4.69, 9.17) is 4.74 Å². The van der Waals surface area contributed by atoms with E-state index in [1.165, 1.54) is 18.7 Å². The molecule has 4 rings (SSSR count). The highest BCUT2D eigenvalue weighted by Crippen LogP contribution is 2.30. The lowest BCUT2D eigenvalue weighted by Crippen LogP contribution is -2.13. The number of nitrogens with one attached hydrogen (secondary N) is 1. The Labute approximate surface area is 187 Å². The molecule has 33 heavy (non-hydrogen) atoms. The molecule has 0 aliphatic rings. The van der Waals surface area contributed by atoms with Crippen LogP contribution in [0.2, 0.25) is 0 Å². The van der Waals surface area contributed by atoms with E-state index in [1.54, 1.807) is 12.3 Å². The number of hydrogen-bond acceptors (Lipinski definition) is 7. The van der Waals surface area contributed by atoms with Crippen LogP contribution < -0.4 is 10.1 Å². The molecule has 0 aliphatic heterocycles. The zero-order valence-corrected chi connectivity index (χ0v) is 17.8. The van der Waals surface area contributed by atoms with E-state index in [0.29, 0.717) is 11.5 Å². The molecule has 4 aromatic rings. The van der Waals surface area contributed by atoms with Crippen molar-refractivity contribution in [2.75, 3.05) is 5.32 Å². The second-order valence-electron chi connectivity index (χ2n) is 7.34. The quantitative estimate of drug-likeness (QED) is 0.438. The van der Waals surface area contributed by atoms with E-state index in [0.717, 1.165) is 22.1 Å². The summed E-state index contributed by atoms with van der Waals surface area (Å²) in [5.41, 5.74) is 0.710. The summed E-state index contributed by atoms with van der Waals surface area (Å²) in [6.45, 7) is 4.01. The molecule has 0 unspecified atom stereocenters. The molecule has 0 atom stereocenters. The van der Waals surface area contributed by atoms with Crippen LogP contribution in [-0.2, 0) is 12.7 Å². The number of pyridine rings is 1. The third-order valence-electron chi connectivity index (χ3n) is 4.43. The van der Waals surface area contributed by atoms with Gasteiger partial charge in [-0.1, -0.05) is 0 Å². The average molecular weight is 455 g/mol. The summed E-state index contributed by atoms with van der Waals surface area (Å²) in [5, 5.41) is 6.79. The Hall–Kier alpha value is -4.02. The topological polar surface area (TPSA) is 90.6 Å². The van der Waals surface area contributed by atoms with Crippen LogP contribution in [0.25, 0.3) is 17.1 Å². The van der Waals surface area contributed by atoms with Gasteiger partial charge in [0, 0.05) is 23.5 Å². The predicted octanol–water partition coefficient (Wildman–Crippen LogP) is 4.54. The van der Waals surface area contributed by atoms with Gasteiger partial charge in [0.25, 0.3) is 0 Å². The molecular weight excluding hydrogens is 435 g/mol. The van der Waals surface area contributed by atoms with E-state index in [2.05, 4.69) is 30.4 Å². The van der Waals surface area contributed by atoms with Gasteiger partial charge in [0.1, 0.15) is 29.9 Å². The van der Waals surface area contributed by atoms with Gasteiger partial charge in [-0.2, -0.15) is 18.3 Å². The Morgan fingerprint density at radius 2 is 1.85 bits per heavy atom. The Balaban J connectivity index is 1.53. The molecule has 0 bridgehead atoms. The first kappa shape index (κ1) is 22.2. The average Bonchev–Trinajstić information content (AvgIpc) is 3.32. The molecule has 1 aromatic carbocycles. The minimum Gasteiger partial charge on any atom is -0.491 e. The first-order valence-corrected chi connectivity index (χ1v) is 10.0. The minimum absolute atomic E-state index is 0.0109. The lowest BCUT2D eigenvalue weighted by Gasteiger charge is -2.13. The van der Waals surface area contributed by atoms with Crippen LogP contribution >= 0.6 is 0 Å². The molecule has 0 saturated carbocycles. The van der Waals surface area contributed by atoms with Crippen molar-refractivity contribution in [3.63, 3.8) is 0 Å². The summed E-state index contributed by atoms with van der Waals surface area (Å²) in [6, 6.07) is 11.6. The molecule has 0 saturated heterocycles. The largest absolute Gasteiger partial charge is 0.491 e. The van der Waals surface area contributed by atoms with Gasteiger partial charge in [-0.05, 0) is 50.2 Å². The van der Waals surface area contributed by atoms with Gasteiger partial charge in [-0.15, -0.1) is 0 Å². The monoisotopic (exact) mass is 455 g/mol. The molecule has 0 spiro atoms. The molecule has 8 nitrogen and oxygen atoms in total. The molecule has 0 radical (unpaired) electrons. The van der Waals surface area contributed by atoms with Crippen molar-refractivity contribution in [3.05, 3.63) is 72.8 Å². The van der Waals surface area contributed by atoms with Crippen LogP contribution in [0, 0.1) is 0 Å². The Bertz CT molecular complexity index is 1210. The Kier molecular flexibility index (Phi) is 6.20. The maximum atomic E-state index is 13.3. The van der Waals surface area contributed by atoms with Gasteiger partial charge in [-0.25, -0.2) is 24.6 Å². The van der Waals surface area contributed by atoms with E-state index in [1.807, 2.05) is 38.1 Å². The van der Waals surface area contributed by atoms with Crippen molar-refractivity contribution in [1.29, 1.82) is 0 Å². The highest BCUT2D eigenvalue weighted by atomic mass is 19.4. The van der Waals surface area contributed by atoms with Gasteiger partial charge in [0.05, 0.1) is 18.3 Å². The SMILES string of the molecule is CC(C)Oc1ccc(-c2ccnc(CNc3cc(-n4cncn4)nc(C(F)(F)F)c3)n2)cc1. The molecular formula is C22H20F3N7O. The van der Waals surface area contributed by atoms with E-state index in [-0.39, 0.29) is 24.2 Å². The highest BCUT2D eigenvalue weighted by Gasteiger charge is 2.33. The Morgan fingerprint density at radius 3 is 2.52 bits per heavy atom. The fraction of sp³-hybridized carbons (Fsp3) is 0.227. The zero-order valence-electron chi connectivity index (χ0n) is 17.8. The first-order chi connectivity index (χ1) is 15.8. The van der Waals surface area contributed by atoms with Gasteiger partial charge >= 0.3 is 6.18 Å². The summed E-state index contributed by atoms with van der Waals surface area (Å²) in [4.78, 5) is 16.1. The number of benzene rings is 1. The summed E-state index contributed by atoms with van der Waals surface area (Å²) >= 11 is 0. The number of anilines is 1. The second-order valence-corrected chi connectivity index (χ2v) is 7.34. The normalized spacial score (nSPS) is 11.6. The fourth-order valence-electron chi connectivity index (χ4n) is 3.01. The number of hydrogen-bond donors (Lipinski definition) is 1. The standard InChI is InChI=1S/C22H20F3N7O/c1-14(2)33-17-5-3-15(4-6-17)18-7-8-27-20(30-18)11-28-16-9-19(22(23,24)25)31-21(10-16)32-13-26-12-29-32/h3-10,12-14H,11H2,1-2H3,(H,28,31). The highest BCUT2D eigenvalue weighted by molar-refractivity contribution is 5.59. The van der Waals surface area contributed by atoms with Crippen molar-refractivity contribution in [2.24, 2.45) is 0 Å². The molecule has 11 heteroatoms. The molecule has 3 heterocycles. The van der Waals surface area contributed by atoms with Crippen molar-refractivity contribution in [3.8, 4) is 22.8 Å². The van der Waals surface area contributed by atoms with Gasteiger partial charge in [0.2, 0.25) is 0 Å². The fourth-order valence-corrected chi connectivity index (χ4v) is 3.01. The number of halogens is 3. The molecule has 0 amide bonds. The molecule has 1 N–H and O–H groups in total. The van der Waals surface area contributed by atoms with Crippen LogP contribution in [0.5, 0.6) is 5.75 Å². The maximum absolute atomic E-state index is 13.3. The van der Waals surface area contributed by atoms with E-state index in [9.17, 15) is 13.2 Å². The smallest absolute Gasteiger partial charge is 0.433 e. The van der Waals surface area contributed by atoms with Gasteiger partial charge < -0.3 is 10.1 Å². The van der Waals surface area contributed by atoms with Crippen LogP contribution in [0.4, 0.5) is 18.9 Å². The van der Waals surface area contributed by atoms with Crippen molar-refractivity contribution in [1.82, 2.24) is 29.7 Å². The first-order valence-electron chi connectivity index (χ1n) is 10.0. The maximum Gasteiger partial charge on any atom is 0.433 e. The molecule has 170 valence electrons. The Morgan fingerprint density at radius 1 is 1.06 bits per heavy atom. The van der Waals surface area contributed by atoms with Crippen molar-refractivity contribution >= 4 is 5.69 Å². The predicted molar refractivity (Wildman–Crippen MR) is 115 cm³/mol. The summed E-state index contributed by atoms with van der Waals surface area (Å²) in [7, 11) is 0. The molecule has 3 aromatic heterocycles. The summed E-state index contributed by atoms with van der Waals surface area (Å²) in [6.07, 6.45) is -0.447. The second kappa shape index (κ2) is 9.23. The molecule has 0 aliphatic carbocycles. The van der Waals surface area contributed by atoms with Crippen LogP contribution in [0.1, 0.15) is 25.4 Å². The molecule has 0 fully saturated rings. The third-order valence-corrected chi connectivity index (χ3v) is 4.43. The van der Waals surface area contributed by atoms with E-state index >= 15 is 0 Å².